The number of piperidine rings is 1. The van der Waals surface area contributed by atoms with Crippen LogP contribution in [0.5, 0.6) is 0 Å². The lowest BCUT2D eigenvalue weighted by molar-refractivity contribution is -0.121. The van der Waals surface area contributed by atoms with Gasteiger partial charge >= 0.3 is 0 Å². The summed E-state index contributed by atoms with van der Waals surface area (Å²) in [7, 11) is -3.57. The minimum atomic E-state index is -3.57. The lowest BCUT2D eigenvalue weighted by atomic mass is 10.0. The molecule has 1 saturated heterocycles. The molecule has 1 heterocycles. The average molecular weight is 430 g/mol. The highest BCUT2D eigenvalue weighted by molar-refractivity contribution is 9.10. The average Bonchev–Trinajstić information content (AvgIpc) is 3.41. The number of carbonyl (C=O) groups excluding carboxylic acids is 1. The zero-order valence-electron chi connectivity index (χ0n) is 14.1. The number of likely N-dealkylation sites (tertiary alicyclic amines) is 1. The van der Waals surface area contributed by atoms with E-state index in [1.165, 1.54) is 25.0 Å². The number of benzene rings is 1. The molecule has 1 aliphatic heterocycles. The Kier molecular flexibility index (Phi) is 6.14. The molecular formula is C17H24BrN3O3S. The van der Waals surface area contributed by atoms with Crippen molar-refractivity contribution in [2.24, 2.45) is 0 Å². The van der Waals surface area contributed by atoms with Crippen LogP contribution >= 0.6 is 15.9 Å². The molecule has 8 heteroatoms. The molecule has 0 unspecified atom stereocenters. The number of halogens is 1. The largest absolute Gasteiger partial charge is 0.353 e. The van der Waals surface area contributed by atoms with Crippen LogP contribution in [0.15, 0.2) is 33.6 Å². The van der Waals surface area contributed by atoms with E-state index in [1.54, 1.807) is 12.1 Å². The summed E-state index contributed by atoms with van der Waals surface area (Å²) in [6, 6.07) is 7.40. The second kappa shape index (κ2) is 8.16. The van der Waals surface area contributed by atoms with Crippen LogP contribution in [0.1, 0.15) is 32.1 Å². The Bertz CT molecular complexity index is 696. The van der Waals surface area contributed by atoms with E-state index in [0.29, 0.717) is 0 Å². The van der Waals surface area contributed by atoms with E-state index in [1.807, 2.05) is 0 Å². The minimum absolute atomic E-state index is 0.0941. The predicted molar refractivity (Wildman–Crippen MR) is 99.7 cm³/mol. The van der Waals surface area contributed by atoms with E-state index >= 15 is 0 Å². The van der Waals surface area contributed by atoms with Crippen molar-refractivity contribution in [3.63, 3.8) is 0 Å². The van der Waals surface area contributed by atoms with Crippen LogP contribution in [0.2, 0.25) is 0 Å². The molecule has 1 amide bonds. The van der Waals surface area contributed by atoms with Crippen LogP contribution in [0.4, 0.5) is 0 Å². The maximum atomic E-state index is 12.2. The van der Waals surface area contributed by atoms with E-state index in [-0.39, 0.29) is 29.8 Å². The Morgan fingerprint density at radius 2 is 1.76 bits per heavy atom. The Balaban J connectivity index is 1.38. The molecule has 1 aromatic carbocycles. The van der Waals surface area contributed by atoms with Crippen molar-refractivity contribution in [3.05, 3.63) is 28.7 Å². The number of amides is 1. The van der Waals surface area contributed by atoms with E-state index in [9.17, 15) is 13.2 Å². The van der Waals surface area contributed by atoms with Crippen LogP contribution < -0.4 is 10.0 Å². The highest BCUT2D eigenvalue weighted by atomic mass is 79.9. The van der Waals surface area contributed by atoms with Gasteiger partial charge in [-0.25, -0.2) is 13.1 Å². The van der Waals surface area contributed by atoms with Crippen molar-refractivity contribution in [3.8, 4) is 0 Å². The molecule has 2 N–H and O–H groups in total. The molecule has 0 aromatic heterocycles. The summed E-state index contributed by atoms with van der Waals surface area (Å²) in [5.41, 5.74) is 0. The van der Waals surface area contributed by atoms with Crippen molar-refractivity contribution in [2.75, 3.05) is 19.6 Å². The predicted octanol–water partition coefficient (Wildman–Crippen LogP) is 1.86. The standard InChI is InChI=1S/C17H24BrN3O3S/c18-13-1-5-16(6-2-13)25(23,24)19-10-7-17(22)20-14-8-11-21(12-9-14)15-3-4-15/h1-2,5-6,14-15,19H,3-4,7-12H2,(H,20,22). The second-order valence-electron chi connectivity index (χ2n) is 6.71. The van der Waals surface area contributed by atoms with Crippen LogP contribution in [-0.4, -0.2) is 50.9 Å². The first-order chi connectivity index (χ1) is 11.9. The Morgan fingerprint density at radius 3 is 2.36 bits per heavy atom. The molecule has 0 radical (unpaired) electrons. The van der Waals surface area contributed by atoms with Gasteiger partial charge in [0.1, 0.15) is 0 Å². The number of hydrogen-bond acceptors (Lipinski definition) is 4. The van der Waals surface area contributed by atoms with Crippen LogP contribution in [0.3, 0.4) is 0 Å². The quantitative estimate of drug-likeness (QED) is 0.693. The van der Waals surface area contributed by atoms with Gasteiger partial charge in [0.25, 0.3) is 0 Å². The van der Waals surface area contributed by atoms with E-state index in [0.717, 1.165) is 36.4 Å². The van der Waals surface area contributed by atoms with Gasteiger partial charge in [-0.1, -0.05) is 15.9 Å². The summed E-state index contributed by atoms with van der Waals surface area (Å²) in [6.07, 6.45) is 4.74. The topological polar surface area (TPSA) is 78.5 Å². The summed E-state index contributed by atoms with van der Waals surface area (Å²) in [4.78, 5) is 14.7. The molecule has 2 aliphatic rings. The van der Waals surface area contributed by atoms with Crippen LogP contribution in [0.25, 0.3) is 0 Å². The molecule has 6 nitrogen and oxygen atoms in total. The number of rotatable bonds is 7. The number of nitrogens with zero attached hydrogens (tertiary/aromatic N) is 1. The maximum absolute atomic E-state index is 12.2. The summed E-state index contributed by atoms with van der Waals surface area (Å²) in [5.74, 6) is -0.0941. The second-order valence-corrected chi connectivity index (χ2v) is 9.39. The van der Waals surface area contributed by atoms with Crippen molar-refractivity contribution >= 4 is 31.9 Å². The van der Waals surface area contributed by atoms with Gasteiger partial charge in [-0.2, -0.15) is 0 Å². The maximum Gasteiger partial charge on any atom is 0.240 e. The first-order valence-corrected chi connectivity index (χ1v) is 11.0. The summed E-state index contributed by atoms with van der Waals surface area (Å²) >= 11 is 3.27. The highest BCUT2D eigenvalue weighted by Gasteiger charge is 2.32. The molecule has 0 bridgehead atoms. The highest BCUT2D eigenvalue weighted by Crippen LogP contribution is 2.29. The number of sulfonamides is 1. The SMILES string of the molecule is O=C(CCNS(=O)(=O)c1ccc(Br)cc1)NC1CCN(C2CC2)CC1. The smallest absolute Gasteiger partial charge is 0.240 e. The first-order valence-electron chi connectivity index (χ1n) is 8.73. The van der Waals surface area contributed by atoms with Crippen LogP contribution in [-0.2, 0) is 14.8 Å². The lowest BCUT2D eigenvalue weighted by Gasteiger charge is -2.32. The molecule has 1 saturated carbocycles. The molecule has 0 spiro atoms. The zero-order valence-corrected chi connectivity index (χ0v) is 16.5. The Hall–Kier alpha value is -0.960. The van der Waals surface area contributed by atoms with E-state index in [2.05, 4.69) is 30.9 Å². The Morgan fingerprint density at radius 1 is 1.12 bits per heavy atom. The third-order valence-electron chi connectivity index (χ3n) is 4.73. The third kappa shape index (κ3) is 5.51. The summed E-state index contributed by atoms with van der Waals surface area (Å²) in [6.45, 7) is 2.20. The van der Waals surface area contributed by atoms with Crippen molar-refractivity contribution in [1.29, 1.82) is 0 Å². The van der Waals surface area contributed by atoms with Gasteiger partial charge in [0.2, 0.25) is 15.9 Å². The monoisotopic (exact) mass is 429 g/mol. The lowest BCUT2D eigenvalue weighted by Crippen LogP contribution is -2.45. The van der Waals surface area contributed by atoms with Crippen molar-refractivity contribution in [1.82, 2.24) is 14.9 Å². The fourth-order valence-corrected chi connectivity index (χ4v) is 4.44. The normalized spacial score (nSPS) is 19.7. The van der Waals surface area contributed by atoms with Gasteiger partial charge in [0, 0.05) is 42.6 Å². The zero-order chi connectivity index (χ0) is 17.9. The van der Waals surface area contributed by atoms with Crippen molar-refractivity contribution < 1.29 is 13.2 Å². The first kappa shape index (κ1) is 18.8. The number of carbonyl (C=O) groups is 1. The Labute approximate surface area is 157 Å². The summed E-state index contributed by atoms with van der Waals surface area (Å²) in [5, 5.41) is 3.03. The van der Waals surface area contributed by atoms with Crippen LogP contribution in [0, 0.1) is 0 Å². The fraction of sp³-hybridized carbons (Fsp3) is 0.588. The minimum Gasteiger partial charge on any atom is -0.353 e. The number of hydrogen-bond donors (Lipinski definition) is 2. The van der Waals surface area contributed by atoms with E-state index in [4.69, 9.17) is 0 Å². The van der Waals surface area contributed by atoms with Gasteiger partial charge in [-0.3, -0.25) is 4.79 Å². The molecule has 1 aliphatic carbocycles. The molecule has 25 heavy (non-hydrogen) atoms. The molecule has 2 fully saturated rings. The fourth-order valence-electron chi connectivity index (χ4n) is 3.14. The summed E-state index contributed by atoms with van der Waals surface area (Å²) < 4.78 is 27.6. The molecular weight excluding hydrogens is 406 g/mol. The van der Waals surface area contributed by atoms with Gasteiger partial charge in [0.15, 0.2) is 0 Å². The molecule has 138 valence electrons. The van der Waals surface area contributed by atoms with Crippen molar-refractivity contribution in [2.45, 2.75) is 49.1 Å². The number of nitrogens with one attached hydrogen (secondary N) is 2. The third-order valence-corrected chi connectivity index (χ3v) is 6.73. The van der Waals surface area contributed by atoms with Gasteiger partial charge in [-0.15, -0.1) is 0 Å². The molecule has 3 rings (SSSR count). The van der Waals surface area contributed by atoms with Gasteiger partial charge in [-0.05, 0) is 49.9 Å². The van der Waals surface area contributed by atoms with Gasteiger partial charge in [0.05, 0.1) is 4.90 Å². The molecule has 1 aromatic rings. The van der Waals surface area contributed by atoms with Gasteiger partial charge < -0.3 is 10.2 Å². The molecule has 0 atom stereocenters. The van der Waals surface area contributed by atoms with E-state index < -0.39 is 10.0 Å².